The first-order valence-corrected chi connectivity index (χ1v) is 12.9. The topological polar surface area (TPSA) is 121 Å². The van der Waals surface area contributed by atoms with E-state index in [1.54, 1.807) is 0 Å². The lowest BCUT2D eigenvalue weighted by Gasteiger charge is -2.05. The van der Waals surface area contributed by atoms with Gasteiger partial charge in [-0.2, -0.15) is 0 Å². The molecular weight excluding hydrogens is 366 g/mol. The van der Waals surface area contributed by atoms with Gasteiger partial charge in [0.05, 0.1) is 0 Å². The molecule has 0 aromatic heterocycles. The summed E-state index contributed by atoms with van der Waals surface area (Å²) in [5.41, 5.74) is 0. The third kappa shape index (κ3) is 49.7. The molecule has 0 heterocycles. The molecule has 0 unspecified atom stereocenters. The molecule has 0 aromatic rings. The van der Waals surface area contributed by atoms with Crippen molar-refractivity contribution < 1.29 is 29.4 Å². The summed E-state index contributed by atoms with van der Waals surface area (Å²) in [7, 11) is 0. The largest absolute Gasteiger partial charge is 0.325 e. The third-order valence-electron chi connectivity index (χ3n) is 3.00. The van der Waals surface area contributed by atoms with Crippen LogP contribution in [0.2, 0.25) is 0 Å². The Kier molecular flexibility index (Phi) is 17.9. The van der Waals surface area contributed by atoms with Gasteiger partial charge in [0.15, 0.2) is 0 Å². The normalized spacial score (nSPS) is 18.5. The average Bonchev–Trinajstić information content (AvgIpc) is 2.40. The predicted octanol–water partition coefficient (Wildman–Crippen LogP) is 3.06. The molecule has 22 heavy (non-hydrogen) atoms. The Morgan fingerprint density at radius 3 is 0.455 bits per heavy atom. The molecule has 0 aliphatic heterocycles. The molecule has 136 valence electrons. The minimum Gasteiger partial charge on any atom is -0.325 e. The van der Waals surface area contributed by atoms with E-state index in [0.29, 0.717) is 0 Å². The molecule has 10 heteroatoms. The zero-order valence-electron chi connectivity index (χ0n) is 12.9. The van der Waals surface area contributed by atoms with Crippen molar-refractivity contribution >= 4 is 37.1 Å². The fourth-order valence-electron chi connectivity index (χ4n) is 2.12. The Morgan fingerprint density at radius 2 is 0.409 bits per heavy atom. The second kappa shape index (κ2) is 15.6. The van der Waals surface area contributed by atoms with E-state index in [4.69, 9.17) is 29.4 Å². The van der Waals surface area contributed by atoms with Crippen LogP contribution in [0.5, 0.6) is 0 Å². The van der Waals surface area contributed by atoms with Crippen LogP contribution >= 0.6 is 13.4 Å². The van der Waals surface area contributed by atoms with Crippen LogP contribution in [0.15, 0.2) is 0 Å². The van der Waals surface area contributed by atoms with Gasteiger partial charge in [0.1, 0.15) is 0 Å². The van der Waals surface area contributed by atoms with Crippen LogP contribution in [0.25, 0.3) is 0 Å². The maximum absolute atomic E-state index is 7.56. The first-order chi connectivity index (χ1) is 10.0. The second-order valence-corrected chi connectivity index (χ2v) is 10.3. The first kappa shape index (κ1) is 25.3. The van der Waals surface area contributed by atoms with Gasteiger partial charge in [-0.3, -0.25) is 0 Å². The van der Waals surface area contributed by atoms with Crippen LogP contribution < -0.4 is 0 Å². The molecule has 2 aliphatic rings. The van der Waals surface area contributed by atoms with E-state index in [0.717, 1.165) is 0 Å². The van der Waals surface area contributed by atoms with Crippen molar-refractivity contribution in [2.75, 3.05) is 0 Å². The lowest BCUT2D eigenvalue weighted by Crippen LogP contribution is -1.85. The van der Waals surface area contributed by atoms with Gasteiger partial charge in [0.2, 0.25) is 0 Å². The lowest BCUT2D eigenvalue weighted by molar-refractivity contribution is 0.361. The summed E-state index contributed by atoms with van der Waals surface area (Å²) in [6.45, 7) is -7.61. The summed E-state index contributed by atoms with van der Waals surface area (Å²) in [5, 5.41) is 0. The predicted molar refractivity (Wildman–Crippen MR) is 97.3 cm³/mol. The molecule has 2 fully saturated rings. The molecule has 0 amide bonds. The highest BCUT2D eigenvalue weighted by atomic mass is 32.5. The Morgan fingerprint density at radius 1 is 0.364 bits per heavy atom. The quantitative estimate of drug-likeness (QED) is 0.346. The van der Waals surface area contributed by atoms with E-state index in [1.807, 2.05) is 0 Å². The van der Waals surface area contributed by atoms with Crippen molar-refractivity contribution in [3.8, 4) is 0 Å². The van der Waals surface area contributed by atoms with Gasteiger partial charge in [-0.25, -0.2) is 0 Å². The summed E-state index contributed by atoms with van der Waals surface area (Å²) in [6.07, 6.45) is 18.0. The Balaban J connectivity index is 0. The smallest absolute Gasteiger partial charge is 0.319 e. The standard InChI is InChI=1S/2C6H12.2H3O3PS/c2*1-2-4-6-5-3-1;2*1-4(2,3)5/h2*1-6H2;2*(H3,1,2,3,5). The Labute approximate surface area is 143 Å². The zero-order valence-corrected chi connectivity index (χ0v) is 16.3. The average molecular weight is 396 g/mol. The van der Waals surface area contributed by atoms with Crippen LogP contribution in [0.4, 0.5) is 0 Å². The van der Waals surface area contributed by atoms with E-state index in [2.05, 4.69) is 23.6 Å². The highest BCUT2D eigenvalue weighted by molar-refractivity contribution is 8.06. The summed E-state index contributed by atoms with van der Waals surface area (Å²) < 4.78 is 0. The summed E-state index contributed by atoms with van der Waals surface area (Å²) in [4.78, 5) is 45.3. The van der Waals surface area contributed by atoms with Crippen molar-refractivity contribution in [3.05, 3.63) is 0 Å². The van der Waals surface area contributed by atoms with E-state index < -0.39 is 13.4 Å². The minimum atomic E-state index is -3.81. The van der Waals surface area contributed by atoms with Gasteiger partial charge in [-0.1, -0.05) is 77.0 Å². The first-order valence-electron chi connectivity index (χ1n) is 7.57. The van der Waals surface area contributed by atoms with Gasteiger partial charge in [0.25, 0.3) is 0 Å². The van der Waals surface area contributed by atoms with Gasteiger partial charge in [0, 0.05) is 0 Å². The highest BCUT2D eigenvalue weighted by Gasteiger charge is 1.96. The molecule has 0 atom stereocenters. The summed E-state index contributed by atoms with van der Waals surface area (Å²) in [6, 6.07) is 0. The molecule has 0 radical (unpaired) electrons. The molecule has 2 rings (SSSR count). The second-order valence-electron chi connectivity index (χ2n) is 5.27. The monoisotopic (exact) mass is 396 g/mol. The highest BCUT2D eigenvalue weighted by Crippen LogP contribution is 2.27. The van der Waals surface area contributed by atoms with E-state index >= 15 is 0 Å². The fourth-order valence-corrected chi connectivity index (χ4v) is 2.12. The van der Waals surface area contributed by atoms with E-state index in [-0.39, 0.29) is 0 Å². The van der Waals surface area contributed by atoms with Crippen molar-refractivity contribution in [2.45, 2.75) is 77.0 Å². The number of hydrogen-bond donors (Lipinski definition) is 6. The van der Waals surface area contributed by atoms with Gasteiger partial charge in [-0.05, 0) is 23.6 Å². The van der Waals surface area contributed by atoms with Crippen LogP contribution in [0, 0.1) is 0 Å². The maximum Gasteiger partial charge on any atom is 0.319 e. The zero-order chi connectivity index (χ0) is 17.5. The fraction of sp³-hybridized carbons (Fsp3) is 1.00. The molecule has 2 aliphatic carbocycles. The molecule has 0 spiro atoms. The van der Waals surface area contributed by atoms with Crippen molar-refractivity contribution in [1.29, 1.82) is 0 Å². The Hall–Kier alpha value is 1.06. The van der Waals surface area contributed by atoms with E-state index in [9.17, 15) is 0 Å². The van der Waals surface area contributed by atoms with Crippen LogP contribution in [-0.2, 0) is 23.6 Å². The van der Waals surface area contributed by atoms with Gasteiger partial charge < -0.3 is 29.4 Å². The maximum atomic E-state index is 7.56. The summed E-state index contributed by atoms with van der Waals surface area (Å²) in [5.74, 6) is 0. The molecule has 2 saturated carbocycles. The van der Waals surface area contributed by atoms with Crippen molar-refractivity contribution in [3.63, 3.8) is 0 Å². The van der Waals surface area contributed by atoms with Gasteiger partial charge in [-0.15, -0.1) is 0 Å². The van der Waals surface area contributed by atoms with Crippen LogP contribution in [0.1, 0.15) is 77.0 Å². The number of rotatable bonds is 0. The molecule has 0 saturated heterocycles. The van der Waals surface area contributed by atoms with Crippen LogP contribution in [0.3, 0.4) is 0 Å². The Bertz CT molecular complexity index is 252. The molecule has 0 aromatic carbocycles. The summed E-state index contributed by atoms with van der Waals surface area (Å²) >= 11 is 7.21. The number of hydrogen-bond acceptors (Lipinski definition) is 2. The molecule has 6 N–H and O–H groups in total. The SMILES string of the molecule is C1CCCCC1.C1CCCCC1.OP(O)(O)=S.OP(O)(O)=S. The van der Waals surface area contributed by atoms with Crippen LogP contribution in [-0.4, -0.2) is 29.4 Å². The molecular formula is C12H30O6P2S2. The molecule has 6 nitrogen and oxygen atoms in total. The van der Waals surface area contributed by atoms with Crippen molar-refractivity contribution in [1.82, 2.24) is 0 Å². The lowest BCUT2D eigenvalue weighted by atomic mass is 10.0. The van der Waals surface area contributed by atoms with Crippen molar-refractivity contribution in [2.24, 2.45) is 0 Å². The molecule has 0 bridgehead atoms. The van der Waals surface area contributed by atoms with E-state index in [1.165, 1.54) is 77.0 Å². The third-order valence-corrected chi connectivity index (χ3v) is 3.00. The minimum absolute atomic E-state index is 1.50. The van der Waals surface area contributed by atoms with Gasteiger partial charge >= 0.3 is 13.4 Å².